The van der Waals surface area contributed by atoms with Crippen LogP contribution in [0.3, 0.4) is 0 Å². The number of benzene rings is 1. The summed E-state index contributed by atoms with van der Waals surface area (Å²) in [5.41, 5.74) is 0.392. The van der Waals surface area contributed by atoms with Crippen LogP contribution in [0.5, 0.6) is 0 Å². The van der Waals surface area contributed by atoms with Gasteiger partial charge in [-0.2, -0.15) is 5.10 Å². The third kappa shape index (κ3) is 3.61. The fourth-order valence-corrected chi connectivity index (χ4v) is 3.42. The van der Waals surface area contributed by atoms with E-state index in [2.05, 4.69) is 5.10 Å². The van der Waals surface area contributed by atoms with E-state index in [1.807, 2.05) is 12.1 Å². The van der Waals surface area contributed by atoms with Gasteiger partial charge in [0, 0.05) is 25.5 Å². The van der Waals surface area contributed by atoms with Crippen LogP contribution in [-0.2, 0) is 27.8 Å². The van der Waals surface area contributed by atoms with E-state index in [0.29, 0.717) is 36.2 Å². The molecule has 1 aliphatic rings. The lowest BCUT2D eigenvalue weighted by atomic mass is 9.97. The standard InChI is InChI=1S/C19H23N3O4/c1-3-26-19(25)13-7-6-10-22(12-13)17(23)11-16-14-8-4-5-9-15(14)18(24)21(2)20-16/h4-5,8-9,13H,3,6-7,10-12H2,1-2H3/t13-/m0/s1. The second-order valence-electron chi connectivity index (χ2n) is 6.53. The lowest BCUT2D eigenvalue weighted by Crippen LogP contribution is -2.43. The molecule has 1 fully saturated rings. The molecular weight excluding hydrogens is 334 g/mol. The molecule has 1 atom stereocenters. The van der Waals surface area contributed by atoms with Gasteiger partial charge in [-0.25, -0.2) is 4.68 Å². The highest BCUT2D eigenvalue weighted by atomic mass is 16.5. The normalized spacial score (nSPS) is 17.3. The predicted octanol–water partition coefficient (Wildman–Crippen LogP) is 1.28. The summed E-state index contributed by atoms with van der Waals surface area (Å²) >= 11 is 0. The van der Waals surface area contributed by atoms with Gasteiger partial charge in [-0.1, -0.05) is 18.2 Å². The molecule has 1 aliphatic heterocycles. The van der Waals surface area contributed by atoms with Crippen LogP contribution in [0.4, 0.5) is 0 Å². The van der Waals surface area contributed by atoms with Gasteiger partial charge in [-0.05, 0) is 25.8 Å². The number of amides is 1. The summed E-state index contributed by atoms with van der Waals surface area (Å²) in [6, 6.07) is 7.17. The monoisotopic (exact) mass is 357 g/mol. The first kappa shape index (κ1) is 18.1. The molecule has 0 bridgehead atoms. The average Bonchev–Trinajstić information content (AvgIpc) is 2.66. The zero-order valence-electron chi connectivity index (χ0n) is 15.1. The minimum atomic E-state index is -0.266. The maximum Gasteiger partial charge on any atom is 0.310 e. The number of esters is 1. The van der Waals surface area contributed by atoms with Crippen LogP contribution in [0, 0.1) is 5.92 Å². The summed E-state index contributed by atoms with van der Waals surface area (Å²) in [4.78, 5) is 38.7. The van der Waals surface area contributed by atoms with Crippen molar-refractivity contribution in [2.45, 2.75) is 26.2 Å². The smallest absolute Gasteiger partial charge is 0.310 e. The summed E-state index contributed by atoms with van der Waals surface area (Å²) in [7, 11) is 1.58. The number of carbonyl (C=O) groups excluding carboxylic acids is 2. The van der Waals surface area contributed by atoms with Gasteiger partial charge in [0.2, 0.25) is 5.91 Å². The molecule has 26 heavy (non-hydrogen) atoms. The number of rotatable bonds is 4. The van der Waals surface area contributed by atoms with E-state index in [-0.39, 0.29) is 29.8 Å². The molecule has 0 N–H and O–H groups in total. The Morgan fingerprint density at radius 2 is 2.00 bits per heavy atom. The summed E-state index contributed by atoms with van der Waals surface area (Å²) < 4.78 is 6.35. The van der Waals surface area contributed by atoms with E-state index in [9.17, 15) is 14.4 Å². The maximum atomic E-state index is 12.8. The van der Waals surface area contributed by atoms with Crippen molar-refractivity contribution in [1.82, 2.24) is 14.7 Å². The van der Waals surface area contributed by atoms with Gasteiger partial charge in [0.1, 0.15) is 0 Å². The quantitative estimate of drug-likeness (QED) is 0.770. The Morgan fingerprint density at radius 3 is 2.73 bits per heavy atom. The van der Waals surface area contributed by atoms with Crippen molar-refractivity contribution in [1.29, 1.82) is 0 Å². The van der Waals surface area contributed by atoms with E-state index in [1.54, 1.807) is 31.0 Å². The van der Waals surface area contributed by atoms with Gasteiger partial charge in [0.15, 0.2) is 0 Å². The first-order valence-corrected chi connectivity index (χ1v) is 8.90. The highest BCUT2D eigenvalue weighted by Crippen LogP contribution is 2.20. The minimum absolute atomic E-state index is 0.0877. The van der Waals surface area contributed by atoms with Crippen molar-refractivity contribution in [2.75, 3.05) is 19.7 Å². The van der Waals surface area contributed by atoms with Crippen LogP contribution >= 0.6 is 0 Å². The van der Waals surface area contributed by atoms with Crippen molar-refractivity contribution in [2.24, 2.45) is 13.0 Å². The topological polar surface area (TPSA) is 81.5 Å². The van der Waals surface area contributed by atoms with Crippen LogP contribution in [-0.4, -0.2) is 46.3 Å². The summed E-state index contributed by atoms with van der Waals surface area (Å²) in [6.45, 7) is 3.12. The number of carbonyl (C=O) groups is 2. The lowest BCUT2D eigenvalue weighted by Gasteiger charge is -2.31. The van der Waals surface area contributed by atoms with Gasteiger partial charge in [0.05, 0.1) is 30.0 Å². The van der Waals surface area contributed by atoms with Crippen molar-refractivity contribution in [3.8, 4) is 0 Å². The van der Waals surface area contributed by atoms with Crippen molar-refractivity contribution in [3.05, 3.63) is 40.3 Å². The Hall–Kier alpha value is -2.70. The number of piperidine rings is 1. The zero-order valence-corrected chi connectivity index (χ0v) is 15.1. The highest BCUT2D eigenvalue weighted by molar-refractivity contribution is 5.88. The maximum absolute atomic E-state index is 12.8. The molecule has 3 rings (SSSR count). The molecule has 1 aromatic carbocycles. The fraction of sp³-hybridized carbons (Fsp3) is 0.474. The molecule has 1 saturated heterocycles. The van der Waals surface area contributed by atoms with Crippen molar-refractivity contribution < 1.29 is 14.3 Å². The van der Waals surface area contributed by atoms with Crippen LogP contribution in [0.25, 0.3) is 10.8 Å². The Labute approximate surface area is 151 Å². The highest BCUT2D eigenvalue weighted by Gasteiger charge is 2.29. The summed E-state index contributed by atoms with van der Waals surface area (Å²) in [5.74, 6) is -0.594. The van der Waals surface area contributed by atoms with E-state index in [0.717, 1.165) is 12.8 Å². The Balaban J connectivity index is 1.80. The van der Waals surface area contributed by atoms with Crippen LogP contribution in [0.1, 0.15) is 25.5 Å². The molecule has 7 nitrogen and oxygen atoms in total. The molecule has 0 radical (unpaired) electrons. The van der Waals surface area contributed by atoms with Crippen LogP contribution in [0.15, 0.2) is 29.1 Å². The Bertz CT molecular complexity index is 890. The van der Waals surface area contributed by atoms with Gasteiger partial charge < -0.3 is 9.64 Å². The number of aromatic nitrogens is 2. The van der Waals surface area contributed by atoms with Gasteiger partial charge in [0.25, 0.3) is 5.56 Å². The van der Waals surface area contributed by atoms with E-state index in [4.69, 9.17) is 4.74 Å². The molecule has 0 unspecified atom stereocenters. The number of fused-ring (bicyclic) bond motifs is 1. The SMILES string of the molecule is CCOC(=O)[C@H]1CCCN(C(=O)Cc2nn(C)c(=O)c3ccccc23)C1. The van der Waals surface area contributed by atoms with Gasteiger partial charge in [-0.3, -0.25) is 14.4 Å². The average molecular weight is 357 g/mol. The number of hydrogen-bond acceptors (Lipinski definition) is 5. The predicted molar refractivity (Wildman–Crippen MR) is 96.6 cm³/mol. The largest absolute Gasteiger partial charge is 0.466 e. The van der Waals surface area contributed by atoms with Crippen molar-refractivity contribution in [3.63, 3.8) is 0 Å². The summed E-state index contributed by atoms with van der Waals surface area (Å²) in [5, 5.41) is 5.53. The molecule has 2 aromatic rings. The van der Waals surface area contributed by atoms with E-state index < -0.39 is 0 Å². The first-order chi connectivity index (χ1) is 12.5. The molecular formula is C19H23N3O4. The van der Waals surface area contributed by atoms with Crippen molar-refractivity contribution >= 4 is 22.6 Å². The molecule has 138 valence electrons. The molecule has 2 heterocycles. The lowest BCUT2D eigenvalue weighted by molar-refractivity contribution is -0.151. The first-order valence-electron chi connectivity index (χ1n) is 8.90. The second-order valence-corrected chi connectivity index (χ2v) is 6.53. The third-order valence-electron chi connectivity index (χ3n) is 4.75. The number of aryl methyl sites for hydroxylation is 1. The minimum Gasteiger partial charge on any atom is -0.466 e. The van der Waals surface area contributed by atoms with Gasteiger partial charge >= 0.3 is 5.97 Å². The molecule has 1 amide bonds. The number of ether oxygens (including phenoxy) is 1. The number of hydrogen-bond donors (Lipinski definition) is 0. The zero-order chi connectivity index (χ0) is 18.7. The van der Waals surface area contributed by atoms with E-state index >= 15 is 0 Å². The van der Waals surface area contributed by atoms with Gasteiger partial charge in [-0.15, -0.1) is 0 Å². The molecule has 1 aromatic heterocycles. The molecule has 0 spiro atoms. The van der Waals surface area contributed by atoms with Crippen LogP contribution < -0.4 is 5.56 Å². The molecule has 0 saturated carbocycles. The molecule has 7 heteroatoms. The Kier molecular flexibility index (Phi) is 5.35. The van der Waals surface area contributed by atoms with E-state index in [1.165, 1.54) is 4.68 Å². The summed E-state index contributed by atoms with van der Waals surface area (Å²) in [6.07, 6.45) is 1.62. The Morgan fingerprint density at radius 1 is 1.27 bits per heavy atom. The molecule has 0 aliphatic carbocycles. The van der Waals surface area contributed by atoms with Crippen LogP contribution in [0.2, 0.25) is 0 Å². The number of likely N-dealkylation sites (tertiary alicyclic amines) is 1. The number of nitrogens with zero attached hydrogens (tertiary/aromatic N) is 3. The third-order valence-corrected chi connectivity index (χ3v) is 4.75. The fourth-order valence-electron chi connectivity index (χ4n) is 3.42. The second kappa shape index (κ2) is 7.68.